The van der Waals surface area contributed by atoms with Crippen molar-refractivity contribution in [1.82, 2.24) is 14.8 Å². The molecule has 0 bridgehead atoms. The van der Waals surface area contributed by atoms with Crippen LogP contribution in [0.5, 0.6) is 11.5 Å². The van der Waals surface area contributed by atoms with Crippen molar-refractivity contribution in [3.63, 3.8) is 0 Å². The molecule has 2 heterocycles. The lowest BCUT2D eigenvalue weighted by molar-refractivity contribution is -0.133. The highest BCUT2D eigenvalue weighted by molar-refractivity contribution is 7.13. The van der Waals surface area contributed by atoms with Gasteiger partial charge in [0.15, 0.2) is 11.5 Å². The first kappa shape index (κ1) is 22.1. The summed E-state index contributed by atoms with van der Waals surface area (Å²) >= 11 is 1.65. The molecule has 7 heteroatoms. The van der Waals surface area contributed by atoms with E-state index in [4.69, 9.17) is 14.5 Å². The summed E-state index contributed by atoms with van der Waals surface area (Å²) in [5, 5.41) is 3.11. The summed E-state index contributed by atoms with van der Waals surface area (Å²) < 4.78 is 10.7. The maximum atomic E-state index is 12.6. The number of rotatable bonds is 8. The van der Waals surface area contributed by atoms with E-state index in [1.165, 1.54) is 25.7 Å². The lowest BCUT2D eigenvalue weighted by Gasteiger charge is -2.34. The maximum Gasteiger partial charge on any atom is 0.222 e. The van der Waals surface area contributed by atoms with Crippen LogP contribution in [0, 0.1) is 5.92 Å². The average molecular weight is 444 g/mol. The van der Waals surface area contributed by atoms with Crippen molar-refractivity contribution < 1.29 is 14.3 Å². The highest BCUT2D eigenvalue weighted by atomic mass is 32.1. The van der Waals surface area contributed by atoms with E-state index in [0.29, 0.717) is 11.7 Å². The lowest BCUT2D eigenvalue weighted by Crippen LogP contribution is -2.48. The second-order valence-corrected chi connectivity index (χ2v) is 9.42. The van der Waals surface area contributed by atoms with Crippen molar-refractivity contribution in [2.75, 3.05) is 40.4 Å². The third kappa shape index (κ3) is 5.57. The monoisotopic (exact) mass is 443 g/mol. The zero-order chi connectivity index (χ0) is 21.6. The fraction of sp³-hybridized carbons (Fsp3) is 0.583. The standard InChI is InChI=1S/C24H33N3O3S/c1-29-21-9-8-19(15-22(21)30-2)24-25-20(17-31-24)16-26-11-13-27(14-12-26)23(28)10-7-18-5-3-4-6-18/h8-9,15,17-18H,3-7,10-14,16H2,1-2H3. The molecule has 31 heavy (non-hydrogen) atoms. The van der Waals surface area contributed by atoms with E-state index in [0.717, 1.165) is 73.5 Å². The maximum absolute atomic E-state index is 12.6. The Hall–Kier alpha value is -2.12. The number of methoxy groups -OCH3 is 2. The molecule has 6 nitrogen and oxygen atoms in total. The van der Waals surface area contributed by atoms with Crippen LogP contribution in [-0.2, 0) is 11.3 Å². The molecule has 1 saturated heterocycles. The molecule has 0 radical (unpaired) electrons. The van der Waals surface area contributed by atoms with Crippen molar-refractivity contribution in [1.29, 1.82) is 0 Å². The first-order chi connectivity index (χ1) is 15.2. The molecule has 1 aliphatic heterocycles. The summed E-state index contributed by atoms with van der Waals surface area (Å²) in [6.45, 7) is 4.32. The normalized spacial score (nSPS) is 17.8. The number of thiazole rings is 1. The van der Waals surface area contributed by atoms with Crippen LogP contribution >= 0.6 is 11.3 Å². The summed E-state index contributed by atoms with van der Waals surface area (Å²) in [7, 11) is 3.29. The zero-order valence-electron chi connectivity index (χ0n) is 18.6. The number of carbonyl (C=O) groups is 1. The summed E-state index contributed by atoms with van der Waals surface area (Å²) in [6, 6.07) is 5.90. The molecule has 0 spiro atoms. The van der Waals surface area contributed by atoms with Gasteiger partial charge in [-0.15, -0.1) is 11.3 Å². The molecular formula is C24H33N3O3S. The van der Waals surface area contributed by atoms with Gasteiger partial charge in [-0.2, -0.15) is 0 Å². The Kier molecular flexibility index (Phi) is 7.45. The van der Waals surface area contributed by atoms with Crippen LogP contribution in [0.2, 0.25) is 0 Å². The molecule has 2 aliphatic rings. The fourth-order valence-electron chi connectivity index (χ4n) is 4.65. The number of nitrogens with zero attached hydrogens (tertiary/aromatic N) is 3. The number of carbonyl (C=O) groups excluding carboxylic acids is 1. The van der Waals surface area contributed by atoms with Crippen molar-refractivity contribution in [3.8, 4) is 22.1 Å². The third-order valence-electron chi connectivity index (χ3n) is 6.53. The van der Waals surface area contributed by atoms with E-state index in [-0.39, 0.29) is 0 Å². The average Bonchev–Trinajstić information content (AvgIpc) is 3.50. The van der Waals surface area contributed by atoms with Gasteiger partial charge < -0.3 is 14.4 Å². The smallest absolute Gasteiger partial charge is 0.222 e. The molecule has 1 amide bonds. The van der Waals surface area contributed by atoms with Crippen LogP contribution in [0.1, 0.15) is 44.2 Å². The molecule has 2 fully saturated rings. The predicted molar refractivity (Wildman–Crippen MR) is 124 cm³/mol. The molecule has 0 atom stereocenters. The Labute approximate surface area is 189 Å². The lowest BCUT2D eigenvalue weighted by atomic mass is 10.0. The predicted octanol–water partition coefficient (Wildman–Crippen LogP) is 4.44. The SMILES string of the molecule is COc1ccc(-c2nc(CN3CCN(C(=O)CCC4CCCC4)CC3)cs2)cc1OC. The summed E-state index contributed by atoms with van der Waals surface area (Å²) in [5.74, 6) is 2.56. The Morgan fingerprint density at radius 3 is 2.55 bits per heavy atom. The Bertz CT molecular complexity index is 871. The molecule has 1 saturated carbocycles. The van der Waals surface area contributed by atoms with Gasteiger partial charge in [-0.3, -0.25) is 9.69 Å². The molecule has 1 aliphatic carbocycles. The van der Waals surface area contributed by atoms with Crippen LogP contribution in [0.3, 0.4) is 0 Å². The first-order valence-electron chi connectivity index (χ1n) is 11.3. The van der Waals surface area contributed by atoms with E-state index >= 15 is 0 Å². The number of aromatic nitrogens is 1. The largest absolute Gasteiger partial charge is 0.493 e. The molecule has 1 aromatic heterocycles. The third-order valence-corrected chi connectivity index (χ3v) is 7.47. The number of benzene rings is 1. The topological polar surface area (TPSA) is 54.9 Å². The summed E-state index contributed by atoms with van der Waals surface area (Å²) in [5.41, 5.74) is 2.11. The number of piperazine rings is 1. The Morgan fingerprint density at radius 2 is 1.84 bits per heavy atom. The van der Waals surface area contributed by atoms with Crippen LogP contribution in [0.15, 0.2) is 23.6 Å². The Balaban J connectivity index is 1.26. The van der Waals surface area contributed by atoms with E-state index < -0.39 is 0 Å². The number of hydrogen-bond donors (Lipinski definition) is 0. The fourth-order valence-corrected chi connectivity index (χ4v) is 5.46. The molecule has 1 aromatic carbocycles. The molecule has 0 N–H and O–H groups in total. The van der Waals surface area contributed by atoms with Gasteiger partial charge in [0.05, 0.1) is 19.9 Å². The van der Waals surface area contributed by atoms with Gasteiger partial charge in [0.25, 0.3) is 0 Å². The van der Waals surface area contributed by atoms with Gasteiger partial charge in [0.2, 0.25) is 5.91 Å². The van der Waals surface area contributed by atoms with Crippen LogP contribution < -0.4 is 9.47 Å². The van der Waals surface area contributed by atoms with Crippen LogP contribution in [0.25, 0.3) is 10.6 Å². The Morgan fingerprint density at radius 1 is 1.10 bits per heavy atom. The van der Waals surface area contributed by atoms with Crippen LogP contribution in [-0.4, -0.2) is 61.1 Å². The second-order valence-electron chi connectivity index (χ2n) is 8.56. The highest BCUT2D eigenvalue weighted by Gasteiger charge is 2.23. The second kappa shape index (κ2) is 10.5. The van der Waals surface area contributed by atoms with Crippen LogP contribution in [0.4, 0.5) is 0 Å². The molecule has 4 rings (SSSR count). The number of amides is 1. The highest BCUT2D eigenvalue weighted by Crippen LogP contribution is 2.34. The van der Waals surface area contributed by atoms with Gasteiger partial charge in [-0.25, -0.2) is 4.98 Å². The summed E-state index contributed by atoms with van der Waals surface area (Å²) in [6.07, 6.45) is 7.14. The van der Waals surface area contributed by atoms with Gasteiger partial charge in [-0.1, -0.05) is 25.7 Å². The molecule has 2 aromatic rings. The zero-order valence-corrected chi connectivity index (χ0v) is 19.5. The van der Waals surface area contributed by atoms with Crippen molar-refractivity contribution >= 4 is 17.2 Å². The molecule has 0 unspecified atom stereocenters. The van der Waals surface area contributed by atoms with Gasteiger partial charge in [-0.05, 0) is 30.5 Å². The van der Waals surface area contributed by atoms with E-state index in [1.807, 2.05) is 18.2 Å². The van der Waals surface area contributed by atoms with Gasteiger partial charge >= 0.3 is 0 Å². The number of hydrogen-bond acceptors (Lipinski definition) is 6. The van der Waals surface area contributed by atoms with E-state index in [2.05, 4.69) is 15.2 Å². The van der Waals surface area contributed by atoms with Crippen molar-refractivity contribution in [2.45, 2.75) is 45.1 Å². The number of ether oxygens (including phenoxy) is 2. The molecule has 168 valence electrons. The minimum absolute atomic E-state index is 0.343. The van der Waals surface area contributed by atoms with Gasteiger partial charge in [0, 0.05) is 50.1 Å². The minimum Gasteiger partial charge on any atom is -0.493 e. The van der Waals surface area contributed by atoms with Gasteiger partial charge in [0.1, 0.15) is 5.01 Å². The van der Waals surface area contributed by atoms with E-state index in [1.54, 1.807) is 25.6 Å². The van der Waals surface area contributed by atoms with E-state index in [9.17, 15) is 4.79 Å². The quantitative estimate of drug-likeness (QED) is 0.604. The minimum atomic E-state index is 0.343. The first-order valence-corrected chi connectivity index (χ1v) is 12.2. The molecular weight excluding hydrogens is 410 g/mol. The van der Waals surface area contributed by atoms with Crippen molar-refractivity contribution in [2.24, 2.45) is 5.92 Å². The van der Waals surface area contributed by atoms with Crippen molar-refractivity contribution in [3.05, 3.63) is 29.3 Å². The summed E-state index contributed by atoms with van der Waals surface area (Å²) in [4.78, 5) is 21.8.